The number of hydrogen-bond acceptors (Lipinski definition) is 3. The molecule has 1 rings (SSSR count). The standard InChI is InChI=1S/C13H20N2O2/c1-13(2,3)6-7-17-11-5-4-9(12(15)16)8-10(11)14/h4-5,8H,6-7,14H2,1-3H3,(H2,15,16). The molecule has 0 saturated carbocycles. The third kappa shape index (κ3) is 4.34. The lowest BCUT2D eigenvalue weighted by molar-refractivity contribution is 0.100. The van der Waals surface area contributed by atoms with Crippen LogP contribution in [0.3, 0.4) is 0 Å². The topological polar surface area (TPSA) is 78.3 Å². The molecule has 0 radical (unpaired) electrons. The van der Waals surface area contributed by atoms with Crippen molar-refractivity contribution in [2.24, 2.45) is 11.1 Å². The van der Waals surface area contributed by atoms with Gasteiger partial charge in [0.15, 0.2) is 0 Å². The average Bonchev–Trinajstić information content (AvgIpc) is 2.18. The van der Waals surface area contributed by atoms with E-state index in [1.54, 1.807) is 12.1 Å². The Labute approximate surface area is 102 Å². The van der Waals surface area contributed by atoms with Gasteiger partial charge >= 0.3 is 0 Å². The van der Waals surface area contributed by atoms with Crippen molar-refractivity contribution in [3.8, 4) is 5.75 Å². The first kappa shape index (κ1) is 13.4. The Hall–Kier alpha value is -1.71. The van der Waals surface area contributed by atoms with Crippen LogP contribution in [-0.2, 0) is 0 Å². The summed E-state index contributed by atoms with van der Waals surface area (Å²) in [6, 6.07) is 4.83. The SMILES string of the molecule is CC(C)(C)CCOc1ccc(C(N)=O)cc1N. The predicted molar refractivity (Wildman–Crippen MR) is 68.9 cm³/mol. The van der Waals surface area contributed by atoms with Crippen molar-refractivity contribution in [2.75, 3.05) is 12.3 Å². The minimum atomic E-state index is -0.488. The number of hydrogen-bond donors (Lipinski definition) is 2. The largest absolute Gasteiger partial charge is 0.491 e. The van der Waals surface area contributed by atoms with Crippen molar-refractivity contribution in [3.63, 3.8) is 0 Å². The maximum atomic E-state index is 10.9. The fourth-order valence-corrected chi connectivity index (χ4v) is 1.30. The number of ether oxygens (including phenoxy) is 1. The van der Waals surface area contributed by atoms with Crippen LogP contribution in [0, 0.1) is 5.41 Å². The van der Waals surface area contributed by atoms with Crippen LogP contribution in [0.25, 0.3) is 0 Å². The second kappa shape index (κ2) is 5.08. The summed E-state index contributed by atoms with van der Waals surface area (Å²) in [5, 5.41) is 0. The fraction of sp³-hybridized carbons (Fsp3) is 0.462. The number of carbonyl (C=O) groups is 1. The van der Waals surface area contributed by atoms with Gasteiger partial charge in [-0.15, -0.1) is 0 Å². The quantitative estimate of drug-likeness (QED) is 0.786. The number of rotatable bonds is 4. The Bertz CT molecular complexity index is 408. The summed E-state index contributed by atoms with van der Waals surface area (Å²) in [6.45, 7) is 7.05. The first-order chi connectivity index (χ1) is 7.79. The molecule has 17 heavy (non-hydrogen) atoms. The molecule has 0 aliphatic carbocycles. The molecule has 0 spiro atoms. The zero-order valence-electron chi connectivity index (χ0n) is 10.6. The number of benzene rings is 1. The minimum absolute atomic E-state index is 0.224. The molecule has 0 aliphatic heterocycles. The monoisotopic (exact) mass is 236 g/mol. The van der Waals surface area contributed by atoms with Gasteiger partial charge in [-0.25, -0.2) is 0 Å². The van der Waals surface area contributed by atoms with Crippen molar-refractivity contribution in [1.82, 2.24) is 0 Å². The Morgan fingerprint density at radius 2 is 2.00 bits per heavy atom. The van der Waals surface area contributed by atoms with E-state index < -0.39 is 5.91 Å². The summed E-state index contributed by atoms with van der Waals surface area (Å²) in [6.07, 6.45) is 0.935. The molecule has 1 amide bonds. The Morgan fingerprint density at radius 1 is 1.35 bits per heavy atom. The molecule has 0 unspecified atom stereocenters. The molecule has 4 N–H and O–H groups in total. The Morgan fingerprint density at radius 3 is 2.47 bits per heavy atom. The highest BCUT2D eigenvalue weighted by molar-refractivity contribution is 5.94. The van der Waals surface area contributed by atoms with Gasteiger partial charge in [0.2, 0.25) is 5.91 Å². The van der Waals surface area contributed by atoms with Crippen molar-refractivity contribution >= 4 is 11.6 Å². The van der Waals surface area contributed by atoms with Crippen molar-refractivity contribution in [3.05, 3.63) is 23.8 Å². The van der Waals surface area contributed by atoms with Gasteiger partial charge in [0.1, 0.15) is 5.75 Å². The van der Waals surface area contributed by atoms with Gasteiger partial charge in [-0.2, -0.15) is 0 Å². The number of amides is 1. The van der Waals surface area contributed by atoms with Crippen LogP contribution in [0.15, 0.2) is 18.2 Å². The van der Waals surface area contributed by atoms with E-state index >= 15 is 0 Å². The average molecular weight is 236 g/mol. The van der Waals surface area contributed by atoms with Gasteiger partial charge < -0.3 is 16.2 Å². The first-order valence-electron chi connectivity index (χ1n) is 5.62. The fourth-order valence-electron chi connectivity index (χ4n) is 1.30. The van der Waals surface area contributed by atoms with E-state index in [0.29, 0.717) is 23.6 Å². The van der Waals surface area contributed by atoms with E-state index in [2.05, 4.69) is 20.8 Å². The molecule has 1 aromatic rings. The third-order valence-electron chi connectivity index (χ3n) is 2.40. The highest BCUT2D eigenvalue weighted by Crippen LogP contribution is 2.24. The highest BCUT2D eigenvalue weighted by Gasteiger charge is 2.11. The summed E-state index contributed by atoms with van der Waals surface area (Å²) < 4.78 is 5.57. The van der Waals surface area contributed by atoms with E-state index in [4.69, 9.17) is 16.2 Å². The summed E-state index contributed by atoms with van der Waals surface area (Å²) in [5.74, 6) is 0.109. The molecule has 0 aromatic heterocycles. The zero-order valence-corrected chi connectivity index (χ0v) is 10.6. The molecule has 4 nitrogen and oxygen atoms in total. The number of nitrogens with two attached hydrogens (primary N) is 2. The first-order valence-corrected chi connectivity index (χ1v) is 5.62. The summed E-state index contributed by atoms with van der Waals surface area (Å²) in [4.78, 5) is 10.9. The number of nitrogen functional groups attached to an aromatic ring is 1. The Kier molecular flexibility index (Phi) is 3.99. The van der Waals surface area contributed by atoms with Crippen LogP contribution in [0.5, 0.6) is 5.75 Å². The second-order valence-electron chi connectivity index (χ2n) is 5.28. The molecule has 0 bridgehead atoms. The van der Waals surface area contributed by atoms with E-state index in [1.165, 1.54) is 6.07 Å². The van der Waals surface area contributed by atoms with Gasteiger partial charge in [-0.05, 0) is 30.0 Å². The summed E-state index contributed by atoms with van der Waals surface area (Å²) in [7, 11) is 0. The highest BCUT2D eigenvalue weighted by atomic mass is 16.5. The molecule has 1 aromatic carbocycles. The second-order valence-corrected chi connectivity index (χ2v) is 5.28. The van der Waals surface area contributed by atoms with Crippen molar-refractivity contribution in [1.29, 1.82) is 0 Å². The number of carbonyl (C=O) groups excluding carboxylic acids is 1. The number of primary amides is 1. The van der Waals surface area contributed by atoms with Gasteiger partial charge in [0.25, 0.3) is 0 Å². The molecule has 0 aliphatic rings. The van der Waals surface area contributed by atoms with Gasteiger partial charge in [0, 0.05) is 5.56 Å². The molecular weight excluding hydrogens is 216 g/mol. The van der Waals surface area contributed by atoms with Gasteiger partial charge in [0.05, 0.1) is 12.3 Å². The maximum Gasteiger partial charge on any atom is 0.248 e. The van der Waals surface area contributed by atoms with E-state index in [9.17, 15) is 4.79 Å². The third-order valence-corrected chi connectivity index (χ3v) is 2.40. The molecule has 4 heteroatoms. The molecule has 0 fully saturated rings. The normalized spacial score (nSPS) is 11.2. The lowest BCUT2D eigenvalue weighted by Crippen LogP contribution is -2.13. The van der Waals surface area contributed by atoms with Gasteiger partial charge in [-0.1, -0.05) is 20.8 Å². The van der Waals surface area contributed by atoms with Crippen LogP contribution in [0.4, 0.5) is 5.69 Å². The number of anilines is 1. The predicted octanol–water partition coefficient (Wildman–Crippen LogP) is 2.18. The lowest BCUT2D eigenvalue weighted by atomic mass is 9.93. The minimum Gasteiger partial charge on any atom is -0.491 e. The lowest BCUT2D eigenvalue weighted by Gasteiger charge is -2.18. The van der Waals surface area contributed by atoms with Crippen LogP contribution in [0.1, 0.15) is 37.6 Å². The van der Waals surface area contributed by atoms with E-state index in [0.717, 1.165) is 6.42 Å². The van der Waals surface area contributed by atoms with Crippen molar-refractivity contribution in [2.45, 2.75) is 27.2 Å². The van der Waals surface area contributed by atoms with Crippen LogP contribution in [-0.4, -0.2) is 12.5 Å². The van der Waals surface area contributed by atoms with Crippen LogP contribution >= 0.6 is 0 Å². The summed E-state index contributed by atoms with van der Waals surface area (Å²) >= 11 is 0. The van der Waals surface area contributed by atoms with Gasteiger partial charge in [-0.3, -0.25) is 4.79 Å². The van der Waals surface area contributed by atoms with E-state index in [1.807, 2.05) is 0 Å². The zero-order chi connectivity index (χ0) is 13.1. The van der Waals surface area contributed by atoms with E-state index in [-0.39, 0.29) is 5.41 Å². The molecule has 0 saturated heterocycles. The molecule has 94 valence electrons. The maximum absolute atomic E-state index is 10.9. The smallest absolute Gasteiger partial charge is 0.248 e. The van der Waals surface area contributed by atoms with Crippen molar-refractivity contribution < 1.29 is 9.53 Å². The molecule has 0 atom stereocenters. The van der Waals surface area contributed by atoms with Crippen LogP contribution < -0.4 is 16.2 Å². The van der Waals surface area contributed by atoms with Crippen LogP contribution in [0.2, 0.25) is 0 Å². The summed E-state index contributed by atoms with van der Waals surface area (Å²) in [5.41, 5.74) is 12.0. The molecule has 0 heterocycles. The Balaban J connectivity index is 2.64. The molecular formula is C13H20N2O2.